The quantitative estimate of drug-likeness (QED) is 0.746. The molecule has 0 unspecified atom stereocenters. The van der Waals surface area contributed by atoms with E-state index in [-0.39, 0.29) is 6.10 Å². The van der Waals surface area contributed by atoms with Crippen molar-refractivity contribution in [1.29, 1.82) is 0 Å². The van der Waals surface area contributed by atoms with Gasteiger partial charge in [0.15, 0.2) is 0 Å². The maximum atomic E-state index is 9.20. The van der Waals surface area contributed by atoms with Crippen molar-refractivity contribution in [2.24, 2.45) is 5.92 Å². The summed E-state index contributed by atoms with van der Waals surface area (Å²) in [6.07, 6.45) is 5.65. The molecule has 2 aromatic rings. The maximum Gasteiger partial charge on any atom is 0.137 e. The molecule has 3 N–H and O–H groups in total. The number of aliphatic hydroxyl groups is 1. The van der Waals surface area contributed by atoms with Gasteiger partial charge in [0, 0.05) is 24.3 Å². The summed E-state index contributed by atoms with van der Waals surface area (Å²) in [6.45, 7) is 1.85. The minimum absolute atomic E-state index is 0.0564. The number of aromatic nitrogens is 2. The fourth-order valence-corrected chi connectivity index (χ4v) is 2.44. The van der Waals surface area contributed by atoms with Gasteiger partial charge in [0.25, 0.3) is 0 Å². The number of aliphatic hydroxyl groups excluding tert-OH is 1. The van der Waals surface area contributed by atoms with Crippen LogP contribution in [-0.4, -0.2) is 27.7 Å². The minimum Gasteiger partial charge on any atom is -0.393 e. The van der Waals surface area contributed by atoms with Gasteiger partial charge in [-0.1, -0.05) is 0 Å². The number of pyridine rings is 1. The highest BCUT2D eigenvalue weighted by molar-refractivity contribution is 5.79. The van der Waals surface area contributed by atoms with Crippen LogP contribution >= 0.6 is 0 Å². The topological polar surface area (TPSA) is 60.9 Å². The molecule has 0 radical (unpaired) electrons. The van der Waals surface area contributed by atoms with E-state index in [0.717, 1.165) is 31.6 Å². The monoisotopic (exact) mass is 231 g/mol. The van der Waals surface area contributed by atoms with Crippen molar-refractivity contribution >= 4 is 11.0 Å². The summed E-state index contributed by atoms with van der Waals surface area (Å²) in [5, 5.41) is 13.8. The molecule has 0 atom stereocenters. The van der Waals surface area contributed by atoms with Gasteiger partial charge in [0.1, 0.15) is 5.65 Å². The number of nitrogens with one attached hydrogen (secondary N) is 2. The third kappa shape index (κ3) is 2.18. The van der Waals surface area contributed by atoms with Gasteiger partial charge in [-0.05, 0) is 43.0 Å². The first kappa shape index (κ1) is 10.7. The number of hydrogen-bond acceptors (Lipinski definition) is 3. The Labute approximate surface area is 100 Å². The highest BCUT2D eigenvalue weighted by Crippen LogP contribution is 2.26. The molecule has 1 saturated carbocycles. The summed E-state index contributed by atoms with van der Waals surface area (Å²) in [6, 6.07) is 4.05. The van der Waals surface area contributed by atoms with Gasteiger partial charge in [0.2, 0.25) is 0 Å². The third-order valence-electron chi connectivity index (χ3n) is 3.50. The normalized spacial score (nSPS) is 23.8. The lowest BCUT2D eigenvalue weighted by Gasteiger charge is -2.31. The molecular weight excluding hydrogens is 214 g/mol. The fraction of sp³-hybridized carbons (Fsp3) is 0.462. The van der Waals surface area contributed by atoms with Gasteiger partial charge in [-0.3, -0.25) is 0 Å². The van der Waals surface area contributed by atoms with E-state index in [2.05, 4.69) is 21.4 Å². The van der Waals surface area contributed by atoms with Crippen molar-refractivity contribution in [2.45, 2.75) is 25.5 Å². The second-order valence-electron chi connectivity index (χ2n) is 4.84. The van der Waals surface area contributed by atoms with Crippen molar-refractivity contribution in [1.82, 2.24) is 15.3 Å². The van der Waals surface area contributed by atoms with Gasteiger partial charge >= 0.3 is 0 Å². The Kier molecular flexibility index (Phi) is 2.82. The standard InChI is InChI=1S/C13H17N3O/c17-11-4-9(5-11)6-14-7-10-8-16-13-12(10)2-1-3-15-13/h1-3,8-9,11,14,17H,4-7H2,(H,15,16). The summed E-state index contributed by atoms with van der Waals surface area (Å²) < 4.78 is 0. The van der Waals surface area contributed by atoms with Crippen molar-refractivity contribution in [2.75, 3.05) is 6.54 Å². The first-order valence-electron chi connectivity index (χ1n) is 6.12. The third-order valence-corrected chi connectivity index (χ3v) is 3.50. The number of aromatic amines is 1. The second kappa shape index (κ2) is 4.47. The van der Waals surface area contributed by atoms with E-state index in [1.54, 1.807) is 6.20 Å². The molecule has 4 heteroatoms. The Bertz CT molecular complexity index is 502. The summed E-state index contributed by atoms with van der Waals surface area (Å²) >= 11 is 0. The molecular formula is C13H17N3O. The average Bonchev–Trinajstić information content (AvgIpc) is 2.70. The lowest BCUT2D eigenvalue weighted by molar-refractivity contribution is 0.0430. The Morgan fingerprint density at radius 1 is 1.47 bits per heavy atom. The van der Waals surface area contributed by atoms with Crippen molar-refractivity contribution < 1.29 is 5.11 Å². The van der Waals surface area contributed by atoms with E-state index in [4.69, 9.17) is 0 Å². The van der Waals surface area contributed by atoms with Gasteiger partial charge in [-0.25, -0.2) is 4.98 Å². The molecule has 1 aliphatic carbocycles. The van der Waals surface area contributed by atoms with E-state index in [1.165, 1.54) is 10.9 Å². The van der Waals surface area contributed by atoms with Crippen LogP contribution in [0.2, 0.25) is 0 Å². The molecule has 1 aliphatic rings. The largest absolute Gasteiger partial charge is 0.393 e. The van der Waals surface area contributed by atoms with Gasteiger partial charge in [-0.2, -0.15) is 0 Å². The lowest BCUT2D eigenvalue weighted by Crippen LogP contribution is -2.35. The smallest absolute Gasteiger partial charge is 0.137 e. The van der Waals surface area contributed by atoms with E-state index in [0.29, 0.717) is 5.92 Å². The Hall–Kier alpha value is -1.39. The summed E-state index contributed by atoms with van der Waals surface area (Å²) in [5.41, 5.74) is 2.20. The zero-order chi connectivity index (χ0) is 11.7. The van der Waals surface area contributed by atoms with Crippen LogP contribution in [0.25, 0.3) is 11.0 Å². The average molecular weight is 231 g/mol. The SMILES string of the molecule is OC1CC(CNCc2c[nH]c3ncccc23)C1. The van der Waals surface area contributed by atoms with Crippen LogP contribution < -0.4 is 5.32 Å². The van der Waals surface area contributed by atoms with E-state index in [1.807, 2.05) is 12.3 Å². The second-order valence-corrected chi connectivity index (χ2v) is 4.84. The molecule has 2 heterocycles. The summed E-state index contributed by atoms with van der Waals surface area (Å²) in [7, 11) is 0. The molecule has 0 amide bonds. The molecule has 2 aromatic heterocycles. The molecule has 0 bridgehead atoms. The van der Waals surface area contributed by atoms with Crippen LogP contribution in [0.1, 0.15) is 18.4 Å². The van der Waals surface area contributed by atoms with Crippen LogP contribution in [0.15, 0.2) is 24.5 Å². The predicted octanol–water partition coefficient (Wildman–Crippen LogP) is 1.42. The molecule has 4 nitrogen and oxygen atoms in total. The Balaban J connectivity index is 1.58. The number of nitrogens with zero attached hydrogens (tertiary/aromatic N) is 1. The number of fused-ring (bicyclic) bond motifs is 1. The van der Waals surface area contributed by atoms with Crippen LogP contribution in [-0.2, 0) is 6.54 Å². The Morgan fingerprint density at radius 3 is 3.18 bits per heavy atom. The molecule has 0 spiro atoms. The number of H-pyrrole nitrogens is 1. The van der Waals surface area contributed by atoms with E-state index >= 15 is 0 Å². The van der Waals surface area contributed by atoms with Crippen LogP contribution in [0.3, 0.4) is 0 Å². The van der Waals surface area contributed by atoms with Gasteiger partial charge in [0.05, 0.1) is 6.10 Å². The molecule has 17 heavy (non-hydrogen) atoms. The maximum absolute atomic E-state index is 9.20. The summed E-state index contributed by atoms with van der Waals surface area (Å²) in [5.74, 6) is 0.647. The van der Waals surface area contributed by atoms with Crippen LogP contribution in [0.4, 0.5) is 0 Å². The lowest BCUT2D eigenvalue weighted by atomic mass is 9.82. The number of rotatable bonds is 4. The summed E-state index contributed by atoms with van der Waals surface area (Å²) in [4.78, 5) is 7.44. The van der Waals surface area contributed by atoms with Crippen molar-refractivity contribution in [3.05, 3.63) is 30.1 Å². The predicted molar refractivity (Wildman–Crippen MR) is 66.5 cm³/mol. The Morgan fingerprint density at radius 2 is 2.35 bits per heavy atom. The molecule has 0 aromatic carbocycles. The zero-order valence-electron chi connectivity index (χ0n) is 9.69. The van der Waals surface area contributed by atoms with Crippen molar-refractivity contribution in [3.63, 3.8) is 0 Å². The highest BCUT2D eigenvalue weighted by Gasteiger charge is 2.26. The van der Waals surface area contributed by atoms with Gasteiger partial charge in [-0.15, -0.1) is 0 Å². The van der Waals surface area contributed by atoms with Crippen LogP contribution in [0.5, 0.6) is 0 Å². The van der Waals surface area contributed by atoms with E-state index in [9.17, 15) is 5.11 Å². The number of hydrogen-bond donors (Lipinski definition) is 3. The fourth-order valence-electron chi connectivity index (χ4n) is 2.44. The molecule has 1 fully saturated rings. The first-order chi connectivity index (χ1) is 8.33. The van der Waals surface area contributed by atoms with E-state index < -0.39 is 0 Å². The molecule has 0 saturated heterocycles. The minimum atomic E-state index is -0.0564. The molecule has 90 valence electrons. The first-order valence-corrected chi connectivity index (χ1v) is 6.12. The molecule has 3 rings (SSSR count). The highest BCUT2D eigenvalue weighted by atomic mass is 16.3. The van der Waals surface area contributed by atoms with Gasteiger partial charge < -0.3 is 15.4 Å². The van der Waals surface area contributed by atoms with Crippen molar-refractivity contribution in [3.8, 4) is 0 Å². The molecule has 0 aliphatic heterocycles. The zero-order valence-corrected chi connectivity index (χ0v) is 9.69. The van der Waals surface area contributed by atoms with Crippen LogP contribution in [0, 0.1) is 5.92 Å².